The smallest absolute Gasteiger partial charge is 0.222 e. The highest BCUT2D eigenvalue weighted by Crippen LogP contribution is 2.26. The van der Waals surface area contributed by atoms with E-state index in [0.29, 0.717) is 24.2 Å². The van der Waals surface area contributed by atoms with Gasteiger partial charge in [0.2, 0.25) is 5.91 Å². The van der Waals surface area contributed by atoms with Gasteiger partial charge in [-0.3, -0.25) is 4.79 Å². The van der Waals surface area contributed by atoms with Gasteiger partial charge in [-0.2, -0.15) is 0 Å². The largest absolute Gasteiger partial charge is 0.343 e. The van der Waals surface area contributed by atoms with Crippen LogP contribution >= 0.6 is 0 Å². The van der Waals surface area contributed by atoms with Crippen LogP contribution in [0.1, 0.15) is 51.3 Å². The summed E-state index contributed by atoms with van der Waals surface area (Å²) in [4.78, 5) is 14.1. The fourth-order valence-electron chi connectivity index (χ4n) is 2.62. The van der Waals surface area contributed by atoms with Crippen molar-refractivity contribution < 1.29 is 4.79 Å². The summed E-state index contributed by atoms with van der Waals surface area (Å²) in [5.74, 6) is 2.40. The molecule has 0 spiro atoms. The number of rotatable bonds is 4. The lowest BCUT2D eigenvalue weighted by molar-refractivity contribution is -0.132. The zero-order valence-electron chi connectivity index (χ0n) is 12.2. The van der Waals surface area contributed by atoms with Crippen LogP contribution in [0.15, 0.2) is 6.33 Å². The van der Waals surface area contributed by atoms with Gasteiger partial charge >= 0.3 is 0 Å². The van der Waals surface area contributed by atoms with Crippen molar-refractivity contribution in [3.8, 4) is 0 Å². The number of hydrogen-bond donors (Lipinski definition) is 0. The Kier molecular flexibility index (Phi) is 4.56. The van der Waals surface area contributed by atoms with Gasteiger partial charge in [-0.05, 0) is 25.2 Å². The first-order chi connectivity index (χ1) is 9.08. The summed E-state index contributed by atoms with van der Waals surface area (Å²) in [5, 5.41) is 8.11. The number of carbonyl (C=O) groups is 1. The van der Waals surface area contributed by atoms with Crippen molar-refractivity contribution in [3.05, 3.63) is 12.2 Å². The van der Waals surface area contributed by atoms with Gasteiger partial charge in [0.1, 0.15) is 12.2 Å². The second-order valence-electron chi connectivity index (χ2n) is 5.89. The maximum Gasteiger partial charge on any atom is 0.222 e. The van der Waals surface area contributed by atoms with Crippen molar-refractivity contribution in [3.63, 3.8) is 0 Å². The number of piperidine rings is 1. The molecule has 0 N–H and O–H groups in total. The number of amides is 1. The van der Waals surface area contributed by atoms with E-state index in [2.05, 4.69) is 24.0 Å². The Hall–Kier alpha value is -1.39. The minimum Gasteiger partial charge on any atom is -0.343 e. The molecule has 2 rings (SSSR count). The average molecular weight is 264 g/mol. The predicted molar refractivity (Wildman–Crippen MR) is 73.6 cm³/mol. The van der Waals surface area contributed by atoms with E-state index in [1.165, 1.54) is 0 Å². The Morgan fingerprint density at radius 2 is 2.11 bits per heavy atom. The molecule has 5 heteroatoms. The van der Waals surface area contributed by atoms with Crippen LogP contribution in [0.4, 0.5) is 0 Å². The minimum atomic E-state index is 0.310. The normalized spacial score (nSPS) is 17.2. The molecule has 0 atom stereocenters. The van der Waals surface area contributed by atoms with E-state index in [-0.39, 0.29) is 0 Å². The second kappa shape index (κ2) is 6.17. The SMILES string of the molecule is CC(C)CCC(=O)N1CCC(c2nncn2C)CC1. The number of nitrogens with zero attached hydrogens (tertiary/aromatic N) is 4. The van der Waals surface area contributed by atoms with Crippen LogP contribution in [0.25, 0.3) is 0 Å². The lowest BCUT2D eigenvalue weighted by Crippen LogP contribution is -2.38. The summed E-state index contributed by atoms with van der Waals surface area (Å²) >= 11 is 0. The Morgan fingerprint density at radius 1 is 1.42 bits per heavy atom. The molecule has 1 saturated heterocycles. The zero-order valence-corrected chi connectivity index (χ0v) is 12.2. The van der Waals surface area contributed by atoms with E-state index < -0.39 is 0 Å². The molecule has 1 aliphatic rings. The van der Waals surface area contributed by atoms with Gasteiger partial charge < -0.3 is 9.47 Å². The van der Waals surface area contributed by atoms with E-state index in [4.69, 9.17) is 0 Å². The first-order valence-corrected chi connectivity index (χ1v) is 7.19. The van der Waals surface area contributed by atoms with Crippen LogP contribution < -0.4 is 0 Å². The third kappa shape index (κ3) is 3.55. The molecular weight excluding hydrogens is 240 g/mol. The van der Waals surface area contributed by atoms with Crippen molar-refractivity contribution in [2.75, 3.05) is 13.1 Å². The summed E-state index contributed by atoms with van der Waals surface area (Å²) in [6.07, 6.45) is 5.42. The van der Waals surface area contributed by atoms with Crippen LogP contribution in [0.2, 0.25) is 0 Å². The Labute approximate surface area is 115 Å². The molecule has 0 bridgehead atoms. The fraction of sp³-hybridized carbons (Fsp3) is 0.786. The summed E-state index contributed by atoms with van der Waals surface area (Å²) in [6.45, 7) is 6.03. The molecule has 0 aromatic carbocycles. The van der Waals surface area contributed by atoms with Crippen molar-refractivity contribution in [2.24, 2.45) is 13.0 Å². The monoisotopic (exact) mass is 264 g/mol. The summed E-state index contributed by atoms with van der Waals surface area (Å²) in [5.41, 5.74) is 0. The highest BCUT2D eigenvalue weighted by atomic mass is 16.2. The van der Waals surface area contributed by atoms with Crippen molar-refractivity contribution in [1.29, 1.82) is 0 Å². The van der Waals surface area contributed by atoms with E-state index >= 15 is 0 Å². The standard InChI is InChI=1S/C14H24N4O/c1-11(2)4-5-13(19)18-8-6-12(7-9-18)14-16-15-10-17(14)3/h10-12H,4-9H2,1-3H3. The number of aryl methyl sites for hydroxylation is 1. The molecule has 1 fully saturated rings. The third-order valence-corrected chi connectivity index (χ3v) is 3.89. The van der Waals surface area contributed by atoms with Crippen LogP contribution in [0.3, 0.4) is 0 Å². The van der Waals surface area contributed by atoms with Crippen LogP contribution in [-0.2, 0) is 11.8 Å². The summed E-state index contributed by atoms with van der Waals surface area (Å²) < 4.78 is 1.99. The first kappa shape index (κ1) is 14.0. The molecule has 1 aromatic rings. The van der Waals surface area contributed by atoms with Crippen molar-refractivity contribution >= 4 is 5.91 Å². The predicted octanol–water partition coefficient (Wildman–Crippen LogP) is 1.96. The summed E-state index contributed by atoms with van der Waals surface area (Å²) in [6, 6.07) is 0. The summed E-state index contributed by atoms with van der Waals surface area (Å²) in [7, 11) is 1.98. The van der Waals surface area contributed by atoms with E-state index in [1.807, 2.05) is 16.5 Å². The minimum absolute atomic E-state index is 0.310. The van der Waals surface area contributed by atoms with Crippen LogP contribution in [-0.4, -0.2) is 38.7 Å². The Morgan fingerprint density at radius 3 is 2.63 bits per heavy atom. The van der Waals surface area contributed by atoms with Crippen LogP contribution in [0.5, 0.6) is 0 Å². The van der Waals surface area contributed by atoms with Gasteiger partial charge in [0.15, 0.2) is 0 Å². The molecule has 0 unspecified atom stereocenters. The molecule has 0 radical (unpaired) electrons. The molecule has 5 nitrogen and oxygen atoms in total. The molecule has 1 amide bonds. The van der Waals surface area contributed by atoms with Crippen molar-refractivity contribution in [1.82, 2.24) is 19.7 Å². The number of hydrogen-bond acceptors (Lipinski definition) is 3. The van der Waals surface area contributed by atoms with Gasteiger partial charge in [0.05, 0.1) is 0 Å². The maximum atomic E-state index is 12.1. The molecule has 106 valence electrons. The fourth-order valence-corrected chi connectivity index (χ4v) is 2.62. The highest BCUT2D eigenvalue weighted by molar-refractivity contribution is 5.76. The number of carbonyl (C=O) groups excluding carboxylic acids is 1. The molecule has 1 aromatic heterocycles. The average Bonchev–Trinajstić information content (AvgIpc) is 2.82. The highest BCUT2D eigenvalue weighted by Gasteiger charge is 2.26. The molecule has 0 aliphatic carbocycles. The zero-order chi connectivity index (χ0) is 13.8. The number of likely N-dealkylation sites (tertiary alicyclic amines) is 1. The molecule has 1 aliphatic heterocycles. The van der Waals surface area contributed by atoms with Gasteiger partial charge in [-0.25, -0.2) is 0 Å². The lowest BCUT2D eigenvalue weighted by Gasteiger charge is -2.31. The molecule has 0 saturated carbocycles. The van der Waals surface area contributed by atoms with E-state index in [9.17, 15) is 4.79 Å². The molecule has 2 heterocycles. The van der Waals surface area contributed by atoms with Crippen LogP contribution in [0, 0.1) is 5.92 Å². The second-order valence-corrected chi connectivity index (χ2v) is 5.89. The van der Waals surface area contributed by atoms with Gasteiger partial charge in [-0.15, -0.1) is 10.2 Å². The van der Waals surface area contributed by atoms with Crippen molar-refractivity contribution in [2.45, 2.75) is 45.4 Å². The van der Waals surface area contributed by atoms with E-state index in [1.54, 1.807) is 6.33 Å². The van der Waals surface area contributed by atoms with Gasteiger partial charge in [-0.1, -0.05) is 13.8 Å². The third-order valence-electron chi connectivity index (χ3n) is 3.89. The topological polar surface area (TPSA) is 51.0 Å². The number of aromatic nitrogens is 3. The van der Waals surface area contributed by atoms with Gasteiger partial charge in [0, 0.05) is 32.5 Å². The van der Waals surface area contributed by atoms with Gasteiger partial charge in [0.25, 0.3) is 0 Å². The molecular formula is C14H24N4O. The Balaban J connectivity index is 1.82. The lowest BCUT2D eigenvalue weighted by atomic mass is 9.95. The molecule has 19 heavy (non-hydrogen) atoms. The first-order valence-electron chi connectivity index (χ1n) is 7.19. The Bertz CT molecular complexity index is 419. The quantitative estimate of drug-likeness (QED) is 0.835. The van der Waals surface area contributed by atoms with E-state index in [0.717, 1.165) is 38.2 Å². The maximum absolute atomic E-state index is 12.1.